The van der Waals surface area contributed by atoms with Crippen LogP contribution >= 0.6 is 15.9 Å². The van der Waals surface area contributed by atoms with Crippen LogP contribution in [0.4, 0.5) is 19.3 Å². The number of primary amides is 1. The first-order valence-corrected chi connectivity index (χ1v) is 9.70. The monoisotopic (exact) mass is 487 g/mol. The summed E-state index contributed by atoms with van der Waals surface area (Å²) in [7, 11) is 0. The Balaban J connectivity index is 2.17. The van der Waals surface area contributed by atoms with E-state index < -0.39 is 47.7 Å². The van der Waals surface area contributed by atoms with Gasteiger partial charge in [-0.05, 0) is 23.6 Å². The Hall–Kier alpha value is -2.69. The number of alkyl halides is 2. The summed E-state index contributed by atoms with van der Waals surface area (Å²) in [5.41, 5.74) is 2.18. The Morgan fingerprint density at radius 3 is 2.47 bits per heavy atom. The maximum atomic E-state index is 14.3. The largest absolute Gasteiger partial charge is 0.465 e. The maximum Gasteiger partial charge on any atom is 0.408 e. The number of hydrogen-bond donors (Lipinski definition) is 3. The van der Waals surface area contributed by atoms with Crippen LogP contribution in [0.1, 0.15) is 37.7 Å². The summed E-state index contributed by atoms with van der Waals surface area (Å²) in [4.78, 5) is 37.6. The average molecular weight is 488 g/mol. The second kappa shape index (κ2) is 6.93. The van der Waals surface area contributed by atoms with Crippen molar-refractivity contribution in [1.29, 1.82) is 0 Å². The molecule has 162 valence electrons. The molecule has 1 atom stereocenters. The Morgan fingerprint density at radius 1 is 1.30 bits per heavy atom. The highest BCUT2D eigenvalue weighted by Gasteiger charge is 2.66. The number of hydrogen-bond acceptors (Lipinski definition) is 4. The molecule has 8 nitrogen and oxygen atoms in total. The summed E-state index contributed by atoms with van der Waals surface area (Å²) in [6, 6.07) is 4.74. The number of carboxylic acid groups (broad SMARTS) is 1. The lowest BCUT2D eigenvalue weighted by molar-refractivity contribution is -0.132. The van der Waals surface area contributed by atoms with Crippen molar-refractivity contribution in [2.75, 3.05) is 11.9 Å². The van der Waals surface area contributed by atoms with Gasteiger partial charge in [-0.25, -0.2) is 13.6 Å². The van der Waals surface area contributed by atoms with Gasteiger partial charge in [0.25, 0.3) is 17.7 Å². The standard InChI is InChI=1S/C19H20BrF2N3O5/c1-17(2,3)19(7-18(21,22)8-25(19)16(28)29)15(27)24-12-10-6-9(20)4-5-11(10)30-13(12)14(23)26/h4-6H,7-8H2,1-3H3,(H2,23,26)(H,24,27)(H,28,29)/t19-/m0/s1. The van der Waals surface area contributed by atoms with Crippen molar-refractivity contribution in [2.45, 2.75) is 38.7 Å². The third kappa shape index (κ3) is 3.40. The molecule has 0 aliphatic carbocycles. The molecular formula is C19H20BrF2N3O5. The molecule has 4 N–H and O–H groups in total. The summed E-state index contributed by atoms with van der Waals surface area (Å²) in [5, 5.41) is 12.4. The number of nitrogens with zero attached hydrogens (tertiary/aromatic N) is 1. The summed E-state index contributed by atoms with van der Waals surface area (Å²) >= 11 is 3.28. The quantitative estimate of drug-likeness (QED) is 0.602. The van der Waals surface area contributed by atoms with Gasteiger partial charge in [0.2, 0.25) is 5.76 Å². The summed E-state index contributed by atoms with van der Waals surface area (Å²) < 4.78 is 34.7. The van der Waals surface area contributed by atoms with E-state index in [2.05, 4.69) is 21.2 Å². The van der Waals surface area contributed by atoms with Crippen LogP contribution in [-0.4, -0.2) is 45.9 Å². The lowest BCUT2D eigenvalue weighted by Gasteiger charge is -2.44. The molecule has 2 heterocycles. The number of benzene rings is 1. The van der Waals surface area contributed by atoms with E-state index in [-0.39, 0.29) is 17.0 Å². The van der Waals surface area contributed by atoms with Crippen LogP contribution in [-0.2, 0) is 4.79 Å². The second-order valence-corrected chi connectivity index (χ2v) is 9.19. The molecule has 3 amide bonds. The van der Waals surface area contributed by atoms with Crippen molar-refractivity contribution < 1.29 is 32.7 Å². The van der Waals surface area contributed by atoms with Crippen LogP contribution in [0.15, 0.2) is 27.1 Å². The molecule has 1 aliphatic heterocycles. The Kier molecular flexibility index (Phi) is 5.08. The van der Waals surface area contributed by atoms with E-state index in [1.165, 1.54) is 26.8 Å². The lowest BCUT2D eigenvalue weighted by atomic mass is 9.70. The normalized spacial score (nSPS) is 21.1. The van der Waals surface area contributed by atoms with Crippen LogP contribution in [0.3, 0.4) is 0 Å². The van der Waals surface area contributed by atoms with Gasteiger partial charge in [0.1, 0.15) is 16.8 Å². The Labute approximate surface area is 178 Å². The number of nitrogens with two attached hydrogens (primary N) is 1. The molecule has 1 aromatic carbocycles. The predicted molar refractivity (Wildman–Crippen MR) is 108 cm³/mol. The maximum absolute atomic E-state index is 14.3. The van der Waals surface area contributed by atoms with Crippen LogP contribution in [0, 0.1) is 5.41 Å². The third-order valence-electron chi connectivity index (χ3n) is 5.32. The highest BCUT2D eigenvalue weighted by Crippen LogP contribution is 2.50. The van der Waals surface area contributed by atoms with Gasteiger partial charge < -0.3 is 20.6 Å². The van der Waals surface area contributed by atoms with E-state index in [9.17, 15) is 28.3 Å². The minimum atomic E-state index is -3.41. The van der Waals surface area contributed by atoms with Gasteiger partial charge in [-0.3, -0.25) is 14.5 Å². The van der Waals surface area contributed by atoms with E-state index >= 15 is 0 Å². The van der Waals surface area contributed by atoms with Gasteiger partial charge in [0.05, 0.1) is 6.54 Å². The molecule has 1 saturated heterocycles. The van der Waals surface area contributed by atoms with Crippen LogP contribution in [0.25, 0.3) is 11.0 Å². The summed E-state index contributed by atoms with van der Waals surface area (Å²) in [6.07, 6.45) is -2.65. The zero-order chi connectivity index (χ0) is 22.6. The van der Waals surface area contributed by atoms with E-state index in [1.54, 1.807) is 12.1 Å². The molecule has 30 heavy (non-hydrogen) atoms. The first-order chi connectivity index (χ1) is 13.7. The van der Waals surface area contributed by atoms with Crippen molar-refractivity contribution in [3.8, 4) is 0 Å². The molecule has 0 unspecified atom stereocenters. The first-order valence-electron chi connectivity index (χ1n) is 8.91. The SMILES string of the molecule is CC(C)(C)[C@@]1(C(=O)Nc2c(C(N)=O)oc3ccc(Br)cc23)CC(F)(F)CN1C(=O)O. The van der Waals surface area contributed by atoms with Gasteiger partial charge in [-0.1, -0.05) is 36.7 Å². The average Bonchev–Trinajstić information content (AvgIpc) is 3.10. The number of likely N-dealkylation sites (tertiary alicyclic amines) is 1. The van der Waals surface area contributed by atoms with Crippen molar-refractivity contribution in [2.24, 2.45) is 11.1 Å². The highest BCUT2D eigenvalue weighted by molar-refractivity contribution is 9.10. The predicted octanol–water partition coefficient (Wildman–Crippen LogP) is 4.04. The number of amides is 3. The molecule has 11 heteroatoms. The van der Waals surface area contributed by atoms with Gasteiger partial charge in [0.15, 0.2) is 0 Å². The number of carbonyl (C=O) groups is 3. The minimum absolute atomic E-state index is 0.104. The zero-order valence-corrected chi connectivity index (χ0v) is 18.0. The van der Waals surface area contributed by atoms with Gasteiger partial charge >= 0.3 is 6.09 Å². The van der Waals surface area contributed by atoms with E-state index in [4.69, 9.17) is 10.2 Å². The fraction of sp³-hybridized carbons (Fsp3) is 0.421. The number of fused-ring (bicyclic) bond motifs is 1. The minimum Gasteiger partial charge on any atom is -0.465 e. The zero-order valence-electron chi connectivity index (χ0n) is 16.4. The number of nitrogens with one attached hydrogen (secondary N) is 1. The molecule has 3 rings (SSSR count). The van der Waals surface area contributed by atoms with Gasteiger partial charge in [-0.2, -0.15) is 0 Å². The van der Waals surface area contributed by atoms with Crippen LogP contribution in [0.2, 0.25) is 0 Å². The molecule has 0 saturated carbocycles. The fourth-order valence-electron chi connectivity index (χ4n) is 3.92. The van der Waals surface area contributed by atoms with Crippen molar-refractivity contribution >= 4 is 50.5 Å². The fourth-order valence-corrected chi connectivity index (χ4v) is 4.28. The second-order valence-electron chi connectivity index (χ2n) is 8.28. The van der Waals surface area contributed by atoms with Crippen molar-refractivity contribution in [3.63, 3.8) is 0 Å². The number of furan rings is 1. The molecule has 2 aromatic rings. The Morgan fingerprint density at radius 2 is 1.93 bits per heavy atom. The molecular weight excluding hydrogens is 468 g/mol. The number of halogens is 3. The van der Waals surface area contributed by atoms with Crippen molar-refractivity contribution in [1.82, 2.24) is 4.90 Å². The molecule has 0 spiro atoms. The molecule has 1 fully saturated rings. The number of carbonyl (C=O) groups excluding carboxylic acids is 2. The summed E-state index contributed by atoms with van der Waals surface area (Å²) in [5.74, 6) is -5.75. The van der Waals surface area contributed by atoms with E-state index in [0.29, 0.717) is 14.8 Å². The lowest BCUT2D eigenvalue weighted by Crippen LogP contribution is -2.62. The first kappa shape index (κ1) is 22.0. The van der Waals surface area contributed by atoms with Gasteiger partial charge in [0, 0.05) is 16.3 Å². The van der Waals surface area contributed by atoms with Gasteiger partial charge in [-0.15, -0.1) is 0 Å². The topological polar surface area (TPSA) is 126 Å². The smallest absolute Gasteiger partial charge is 0.408 e. The van der Waals surface area contributed by atoms with E-state index in [0.717, 1.165) is 0 Å². The van der Waals surface area contributed by atoms with E-state index in [1.807, 2.05) is 0 Å². The molecule has 0 radical (unpaired) electrons. The summed E-state index contributed by atoms with van der Waals surface area (Å²) in [6.45, 7) is 3.39. The molecule has 0 bridgehead atoms. The van der Waals surface area contributed by atoms with Crippen LogP contribution < -0.4 is 11.1 Å². The van der Waals surface area contributed by atoms with Crippen molar-refractivity contribution in [3.05, 3.63) is 28.4 Å². The highest BCUT2D eigenvalue weighted by atomic mass is 79.9. The Bertz CT molecular complexity index is 1060. The number of anilines is 1. The molecule has 1 aliphatic rings. The van der Waals surface area contributed by atoms with Crippen LogP contribution in [0.5, 0.6) is 0 Å². The third-order valence-corrected chi connectivity index (χ3v) is 5.82. The number of rotatable bonds is 3. The molecule has 1 aromatic heterocycles.